The second-order valence-electron chi connectivity index (χ2n) is 5.45. The number of aromatic nitrogens is 1. The van der Waals surface area contributed by atoms with E-state index in [1.165, 1.54) is 23.5 Å². The fourth-order valence-electron chi connectivity index (χ4n) is 2.42. The number of carbonyl (C=O) groups is 1. The summed E-state index contributed by atoms with van der Waals surface area (Å²) < 4.78 is 38.3. The van der Waals surface area contributed by atoms with Crippen LogP contribution in [0.3, 0.4) is 0 Å². The Balaban J connectivity index is 1.92. The molecule has 0 aliphatic heterocycles. The lowest BCUT2D eigenvalue weighted by atomic mass is 10.0. The van der Waals surface area contributed by atoms with Crippen LogP contribution in [0.5, 0.6) is 0 Å². The Hall–Kier alpha value is -2.41. The van der Waals surface area contributed by atoms with Crippen LogP contribution in [-0.2, 0) is 12.6 Å². The molecular formula is C17H13F3N2OS. The van der Waals surface area contributed by atoms with Crippen LogP contribution in [-0.4, -0.2) is 10.8 Å². The van der Waals surface area contributed by atoms with E-state index in [1.54, 1.807) is 12.1 Å². The van der Waals surface area contributed by atoms with E-state index in [4.69, 9.17) is 5.73 Å². The van der Waals surface area contributed by atoms with E-state index in [1.807, 2.05) is 6.92 Å². The second-order valence-corrected chi connectivity index (χ2v) is 6.45. The number of alkyl halides is 3. The molecule has 0 unspecified atom stereocenters. The Bertz CT molecular complexity index is 931. The number of halogens is 3. The van der Waals surface area contributed by atoms with Gasteiger partial charge in [0.25, 0.3) is 0 Å². The molecular weight excluding hydrogens is 337 g/mol. The molecule has 0 fully saturated rings. The Labute approximate surface area is 139 Å². The minimum absolute atomic E-state index is 0.139. The molecule has 1 aromatic carbocycles. The molecule has 0 aliphatic rings. The van der Waals surface area contributed by atoms with Gasteiger partial charge in [-0.1, -0.05) is 18.2 Å². The third-order valence-electron chi connectivity index (χ3n) is 3.61. The molecule has 3 aromatic rings. The summed E-state index contributed by atoms with van der Waals surface area (Å²) in [5.41, 5.74) is 6.68. The molecule has 0 radical (unpaired) electrons. The molecule has 0 bridgehead atoms. The number of rotatable bonds is 3. The van der Waals surface area contributed by atoms with Gasteiger partial charge in [-0.25, -0.2) is 4.98 Å². The van der Waals surface area contributed by atoms with Gasteiger partial charge < -0.3 is 5.73 Å². The number of thiophene rings is 1. The number of pyridine rings is 1. The third kappa shape index (κ3) is 3.12. The number of anilines is 1. The molecule has 2 heterocycles. The molecule has 2 aromatic heterocycles. The molecule has 0 spiro atoms. The lowest BCUT2D eigenvalue weighted by molar-refractivity contribution is -0.137. The van der Waals surface area contributed by atoms with Gasteiger partial charge in [0.15, 0.2) is 5.78 Å². The first kappa shape index (κ1) is 16.4. The molecule has 0 saturated carbocycles. The van der Waals surface area contributed by atoms with Crippen molar-refractivity contribution in [1.29, 1.82) is 0 Å². The molecule has 7 heteroatoms. The standard InChI is InChI=1S/C17H13F3N2OS/c1-9-5-6-12-14(21)15(24-16(12)22-9)13(23)8-10-3-2-4-11(7-10)17(18,19)20/h2-7H,8,21H2,1H3. The maximum absolute atomic E-state index is 12.8. The second kappa shape index (κ2) is 5.90. The normalized spacial score (nSPS) is 11.8. The molecule has 0 aliphatic carbocycles. The first-order valence-electron chi connectivity index (χ1n) is 7.10. The quantitative estimate of drug-likeness (QED) is 0.701. The smallest absolute Gasteiger partial charge is 0.397 e. The molecule has 0 atom stereocenters. The highest BCUT2D eigenvalue weighted by Crippen LogP contribution is 2.34. The number of nitrogens with two attached hydrogens (primary N) is 1. The van der Waals surface area contributed by atoms with Gasteiger partial charge in [-0.15, -0.1) is 11.3 Å². The number of nitrogen functional groups attached to an aromatic ring is 1. The van der Waals surface area contributed by atoms with Gasteiger partial charge >= 0.3 is 6.18 Å². The van der Waals surface area contributed by atoms with Crippen molar-refractivity contribution in [2.75, 3.05) is 5.73 Å². The minimum Gasteiger partial charge on any atom is -0.397 e. The average molecular weight is 350 g/mol. The highest BCUT2D eigenvalue weighted by Gasteiger charge is 2.30. The van der Waals surface area contributed by atoms with Crippen LogP contribution >= 0.6 is 11.3 Å². The van der Waals surface area contributed by atoms with Crippen LogP contribution < -0.4 is 5.73 Å². The van der Waals surface area contributed by atoms with Crippen molar-refractivity contribution in [3.63, 3.8) is 0 Å². The SMILES string of the molecule is Cc1ccc2c(N)c(C(=O)Cc3cccc(C(F)(F)F)c3)sc2n1. The van der Waals surface area contributed by atoms with E-state index in [2.05, 4.69) is 4.98 Å². The Morgan fingerprint density at radius 3 is 2.71 bits per heavy atom. The fraction of sp³-hybridized carbons (Fsp3) is 0.176. The van der Waals surface area contributed by atoms with Gasteiger partial charge in [0.05, 0.1) is 16.1 Å². The molecule has 24 heavy (non-hydrogen) atoms. The summed E-state index contributed by atoms with van der Waals surface area (Å²) in [7, 11) is 0. The Morgan fingerprint density at radius 1 is 1.25 bits per heavy atom. The topological polar surface area (TPSA) is 56.0 Å². The summed E-state index contributed by atoms with van der Waals surface area (Å²) >= 11 is 1.17. The van der Waals surface area contributed by atoms with E-state index >= 15 is 0 Å². The number of aryl methyl sites for hydroxylation is 1. The molecule has 3 rings (SSSR count). The van der Waals surface area contributed by atoms with Crippen LogP contribution in [0.1, 0.15) is 26.5 Å². The number of benzene rings is 1. The molecule has 3 nitrogen and oxygen atoms in total. The average Bonchev–Trinajstić information content (AvgIpc) is 2.83. The Kier molecular flexibility index (Phi) is 4.04. The van der Waals surface area contributed by atoms with Gasteiger partial charge in [0.1, 0.15) is 4.83 Å². The van der Waals surface area contributed by atoms with E-state index in [-0.39, 0.29) is 12.2 Å². The van der Waals surface area contributed by atoms with E-state index in [0.29, 0.717) is 26.3 Å². The summed E-state index contributed by atoms with van der Waals surface area (Å²) in [6.07, 6.45) is -4.57. The zero-order chi connectivity index (χ0) is 17.5. The van der Waals surface area contributed by atoms with Crippen molar-refractivity contribution in [2.24, 2.45) is 0 Å². The minimum atomic E-state index is -4.43. The number of Topliss-reactive ketones (excluding diaryl/α,β-unsaturated/α-hetero) is 1. The van der Waals surface area contributed by atoms with E-state index in [9.17, 15) is 18.0 Å². The summed E-state index contributed by atoms with van der Waals surface area (Å²) in [5, 5.41) is 0.693. The third-order valence-corrected chi connectivity index (χ3v) is 4.76. The largest absolute Gasteiger partial charge is 0.416 e. The van der Waals surface area contributed by atoms with Gasteiger partial charge in [-0.3, -0.25) is 4.79 Å². The summed E-state index contributed by atoms with van der Waals surface area (Å²) in [5.74, 6) is -0.313. The van der Waals surface area contributed by atoms with Crippen molar-refractivity contribution in [3.05, 3.63) is 58.1 Å². The zero-order valence-corrected chi connectivity index (χ0v) is 13.5. The van der Waals surface area contributed by atoms with Crippen LogP contribution in [0.15, 0.2) is 36.4 Å². The van der Waals surface area contributed by atoms with Gasteiger partial charge in [0.2, 0.25) is 0 Å². The van der Waals surface area contributed by atoms with E-state index < -0.39 is 11.7 Å². The van der Waals surface area contributed by atoms with Gasteiger partial charge in [-0.2, -0.15) is 13.2 Å². The van der Waals surface area contributed by atoms with Crippen LogP contribution in [0, 0.1) is 6.92 Å². The lowest BCUT2D eigenvalue weighted by Gasteiger charge is -2.08. The van der Waals surface area contributed by atoms with Crippen molar-refractivity contribution in [1.82, 2.24) is 4.98 Å². The zero-order valence-electron chi connectivity index (χ0n) is 12.6. The van der Waals surface area contributed by atoms with Gasteiger partial charge in [-0.05, 0) is 30.7 Å². The predicted octanol–water partition coefficient (Wildman–Crippen LogP) is 4.63. The maximum Gasteiger partial charge on any atom is 0.416 e. The van der Waals surface area contributed by atoms with Crippen LogP contribution in [0.2, 0.25) is 0 Å². The number of hydrogen-bond donors (Lipinski definition) is 1. The number of ketones is 1. The summed E-state index contributed by atoms with van der Waals surface area (Å²) in [6, 6.07) is 8.36. The molecule has 0 saturated heterocycles. The van der Waals surface area contributed by atoms with Crippen molar-refractivity contribution < 1.29 is 18.0 Å². The Morgan fingerprint density at radius 2 is 2.00 bits per heavy atom. The highest BCUT2D eigenvalue weighted by atomic mass is 32.1. The first-order valence-corrected chi connectivity index (χ1v) is 7.92. The molecule has 124 valence electrons. The number of nitrogens with zero attached hydrogens (tertiary/aromatic N) is 1. The lowest BCUT2D eigenvalue weighted by Crippen LogP contribution is -2.08. The fourth-order valence-corrected chi connectivity index (χ4v) is 3.50. The van der Waals surface area contributed by atoms with Gasteiger partial charge in [0, 0.05) is 17.5 Å². The maximum atomic E-state index is 12.8. The molecule has 0 amide bonds. The monoisotopic (exact) mass is 350 g/mol. The predicted molar refractivity (Wildman–Crippen MR) is 88.2 cm³/mol. The first-order chi connectivity index (χ1) is 11.3. The van der Waals surface area contributed by atoms with Crippen molar-refractivity contribution in [3.8, 4) is 0 Å². The summed E-state index contributed by atoms with van der Waals surface area (Å²) in [6.45, 7) is 1.83. The summed E-state index contributed by atoms with van der Waals surface area (Å²) in [4.78, 5) is 17.8. The number of fused-ring (bicyclic) bond motifs is 1. The van der Waals surface area contributed by atoms with E-state index in [0.717, 1.165) is 17.8 Å². The highest BCUT2D eigenvalue weighted by molar-refractivity contribution is 7.21. The van der Waals surface area contributed by atoms with Crippen LogP contribution in [0.25, 0.3) is 10.2 Å². The number of carbonyl (C=O) groups excluding carboxylic acids is 1. The number of hydrogen-bond acceptors (Lipinski definition) is 4. The van der Waals surface area contributed by atoms with Crippen molar-refractivity contribution >= 4 is 33.0 Å². The van der Waals surface area contributed by atoms with Crippen LogP contribution in [0.4, 0.5) is 18.9 Å². The van der Waals surface area contributed by atoms with Crippen molar-refractivity contribution in [2.45, 2.75) is 19.5 Å². The molecule has 2 N–H and O–H groups in total.